The second kappa shape index (κ2) is 9.17. The van der Waals surface area contributed by atoms with Gasteiger partial charge in [-0.2, -0.15) is 0 Å². The average molecular weight is 458 g/mol. The fraction of sp³-hybridized carbons (Fsp3) is 0.296. The smallest absolute Gasteiger partial charge is 0.365 e. The number of carbonyl (C=O) groups excluding carboxylic acids is 2. The van der Waals surface area contributed by atoms with Gasteiger partial charge in [0.05, 0.1) is 13.2 Å². The maximum atomic E-state index is 13.3. The molecule has 7 nitrogen and oxygen atoms in total. The predicted octanol–water partition coefficient (Wildman–Crippen LogP) is 4.04. The zero-order chi connectivity index (χ0) is 23.7. The molecule has 1 unspecified atom stereocenters. The van der Waals surface area contributed by atoms with E-state index in [0.29, 0.717) is 30.0 Å². The summed E-state index contributed by atoms with van der Waals surface area (Å²) in [6.45, 7) is 3.17. The number of rotatable bonds is 4. The Kier molecular flexibility index (Phi) is 5.92. The molecule has 5 rings (SSSR count). The molecule has 2 aliphatic heterocycles. The monoisotopic (exact) mass is 457 g/mol. The van der Waals surface area contributed by atoms with Crippen molar-refractivity contribution in [2.24, 2.45) is 4.99 Å². The number of ether oxygens (including phenoxy) is 2. The SMILES string of the molecule is COc1cccc(C2=NC(=CN3CCN(C(=O)c4ccc(C)cc4)C4CCCC=C43)C(=O)O2)c1. The number of cyclic esters (lactones) is 1. The van der Waals surface area contributed by atoms with E-state index in [1.807, 2.05) is 54.3 Å². The van der Waals surface area contributed by atoms with E-state index in [1.165, 1.54) is 0 Å². The molecule has 1 atom stereocenters. The number of carbonyl (C=O) groups is 2. The van der Waals surface area contributed by atoms with E-state index in [-0.39, 0.29) is 23.5 Å². The molecule has 0 saturated carbocycles. The van der Waals surface area contributed by atoms with E-state index >= 15 is 0 Å². The Labute approximate surface area is 199 Å². The van der Waals surface area contributed by atoms with Crippen molar-refractivity contribution >= 4 is 17.8 Å². The Bertz CT molecular complexity index is 1210. The third kappa shape index (κ3) is 4.21. The number of amides is 1. The van der Waals surface area contributed by atoms with Crippen LogP contribution in [0.2, 0.25) is 0 Å². The molecule has 0 N–H and O–H groups in total. The maximum Gasteiger partial charge on any atom is 0.365 e. The second-order valence-electron chi connectivity index (χ2n) is 8.69. The number of methoxy groups -OCH3 is 1. The van der Waals surface area contributed by atoms with Gasteiger partial charge in [0.1, 0.15) is 5.75 Å². The number of esters is 1. The van der Waals surface area contributed by atoms with Crippen LogP contribution in [0.1, 0.15) is 40.7 Å². The zero-order valence-corrected chi connectivity index (χ0v) is 19.4. The van der Waals surface area contributed by atoms with Gasteiger partial charge in [-0.05, 0) is 56.5 Å². The van der Waals surface area contributed by atoms with Crippen LogP contribution in [-0.2, 0) is 9.53 Å². The van der Waals surface area contributed by atoms with Crippen molar-refractivity contribution in [2.75, 3.05) is 20.2 Å². The van der Waals surface area contributed by atoms with Gasteiger partial charge in [0, 0.05) is 36.1 Å². The largest absolute Gasteiger partial charge is 0.497 e. The van der Waals surface area contributed by atoms with Crippen molar-refractivity contribution in [2.45, 2.75) is 32.2 Å². The van der Waals surface area contributed by atoms with Crippen molar-refractivity contribution in [1.29, 1.82) is 0 Å². The zero-order valence-electron chi connectivity index (χ0n) is 19.4. The fourth-order valence-electron chi connectivity index (χ4n) is 4.64. The number of fused-ring (bicyclic) bond motifs is 1. The molecule has 174 valence electrons. The lowest BCUT2D eigenvalue weighted by Gasteiger charge is -2.45. The van der Waals surface area contributed by atoms with Gasteiger partial charge in [-0.1, -0.05) is 29.8 Å². The lowest BCUT2D eigenvalue weighted by atomic mass is 9.94. The van der Waals surface area contributed by atoms with Crippen molar-refractivity contribution < 1.29 is 19.1 Å². The van der Waals surface area contributed by atoms with Crippen molar-refractivity contribution in [3.05, 3.63) is 88.9 Å². The Hall–Kier alpha value is -3.87. The van der Waals surface area contributed by atoms with Crippen molar-refractivity contribution in [3.63, 3.8) is 0 Å². The summed E-state index contributed by atoms with van der Waals surface area (Å²) in [4.78, 5) is 34.3. The van der Waals surface area contributed by atoms with Crippen LogP contribution >= 0.6 is 0 Å². The highest BCUT2D eigenvalue weighted by Crippen LogP contribution is 2.32. The lowest BCUT2D eigenvalue weighted by Crippen LogP contribution is -2.53. The third-order valence-corrected chi connectivity index (χ3v) is 6.44. The van der Waals surface area contributed by atoms with E-state index < -0.39 is 5.97 Å². The normalized spacial score (nSPS) is 21.1. The van der Waals surface area contributed by atoms with E-state index in [0.717, 1.165) is 30.5 Å². The molecule has 2 aromatic carbocycles. The summed E-state index contributed by atoms with van der Waals surface area (Å²) in [5.41, 5.74) is 3.81. The summed E-state index contributed by atoms with van der Waals surface area (Å²) in [6.07, 6.45) is 6.79. The Morgan fingerprint density at radius 2 is 2.00 bits per heavy atom. The summed E-state index contributed by atoms with van der Waals surface area (Å²) >= 11 is 0. The summed E-state index contributed by atoms with van der Waals surface area (Å²) in [5, 5.41) is 0. The molecule has 34 heavy (non-hydrogen) atoms. The summed E-state index contributed by atoms with van der Waals surface area (Å²) in [6, 6.07) is 15.0. The number of aryl methyl sites for hydroxylation is 1. The molecule has 2 aromatic rings. The highest BCUT2D eigenvalue weighted by atomic mass is 16.6. The molecule has 1 amide bonds. The van der Waals surface area contributed by atoms with Gasteiger partial charge in [-0.3, -0.25) is 4.79 Å². The molecule has 7 heteroatoms. The number of nitrogens with zero attached hydrogens (tertiary/aromatic N) is 3. The molecule has 3 aliphatic rings. The first-order chi connectivity index (χ1) is 16.5. The molecule has 1 fully saturated rings. The van der Waals surface area contributed by atoms with Crippen LogP contribution in [0.3, 0.4) is 0 Å². The minimum atomic E-state index is -0.482. The highest BCUT2D eigenvalue weighted by molar-refractivity contribution is 6.11. The molecule has 0 radical (unpaired) electrons. The molecule has 1 saturated heterocycles. The quantitative estimate of drug-likeness (QED) is 0.512. The predicted molar refractivity (Wildman–Crippen MR) is 128 cm³/mol. The van der Waals surface area contributed by atoms with Gasteiger partial charge >= 0.3 is 5.97 Å². The van der Waals surface area contributed by atoms with Crippen LogP contribution in [0.25, 0.3) is 0 Å². The van der Waals surface area contributed by atoms with Gasteiger partial charge in [-0.15, -0.1) is 0 Å². The van der Waals surface area contributed by atoms with Gasteiger partial charge in [0.25, 0.3) is 5.91 Å². The number of allylic oxidation sites excluding steroid dienone is 1. The van der Waals surface area contributed by atoms with Gasteiger partial charge < -0.3 is 19.3 Å². The minimum Gasteiger partial charge on any atom is -0.497 e. The molecule has 0 bridgehead atoms. The Morgan fingerprint density at radius 1 is 1.18 bits per heavy atom. The number of benzene rings is 2. The molecule has 0 spiro atoms. The number of hydrogen-bond acceptors (Lipinski definition) is 6. The molecular weight excluding hydrogens is 430 g/mol. The fourth-order valence-corrected chi connectivity index (χ4v) is 4.64. The Balaban J connectivity index is 1.39. The van der Waals surface area contributed by atoms with Gasteiger partial charge in [-0.25, -0.2) is 9.79 Å². The van der Waals surface area contributed by atoms with E-state index in [9.17, 15) is 9.59 Å². The van der Waals surface area contributed by atoms with Gasteiger partial charge in [0.2, 0.25) is 5.90 Å². The van der Waals surface area contributed by atoms with Gasteiger partial charge in [0.15, 0.2) is 5.70 Å². The standard InChI is InChI=1S/C27H27N3O4/c1-18-10-12-19(13-11-18)26(31)30-15-14-29(23-8-3-4-9-24(23)30)17-22-27(32)34-25(28-22)20-6-5-7-21(16-20)33-2/h5-8,10-13,16-17,24H,3-4,9,14-15H2,1-2H3. The first-order valence-corrected chi connectivity index (χ1v) is 11.5. The lowest BCUT2D eigenvalue weighted by molar-refractivity contribution is -0.130. The first kappa shape index (κ1) is 21.9. The van der Waals surface area contributed by atoms with Crippen LogP contribution in [0.4, 0.5) is 0 Å². The van der Waals surface area contributed by atoms with Crippen LogP contribution < -0.4 is 4.74 Å². The molecule has 0 aromatic heterocycles. The minimum absolute atomic E-state index is 0.0209. The molecule has 2 heterocycles. The van der Waals surface area contributed by atoms with E-state index in [4.69, 9.17) is 9.47 Å². The van der Waals surface area contributed by atoms with E-state index in [1.54, 1.807) is 19.4 Å². The number of hydrogen-bond donors (Lipinski definition) is 0. The summed E-state index contributed by atoms with van der Waals surface area (Å²) < 4.78 is 10.7. The van der Waals surface area contributed by atoms with Crippen LogP contribution in [0.15, 0.2) is 77.2 Å². The topological polar surface area (TPSA) is 71.4 Å². The van der Waals surface area contributed by atoms with Crippen LogP contribution in [0.5, 0.6) is 5.75 Å². The molecular formula is C27H27N3O4. The maximum absolute atomic E-state index is 13.3. The van der Waals surface area contributed by atoms with Crippen LogP contribution in [-0.4, -0.2) is 53.8 Å². The molecule has 1 aliphatic carbocycles. The number of piperazine rings is 1. The highest BCUT2D eigenvalue weighted by Gasteiger charge is 2.36. The van der Waals surface area contributed by atoms with Crippen molar-refractivity contribution in [1.82, 2.24) is 9.80 Å². The van der Waals surface area contributed by atoms with E-state index in [2.05, 4.69) is 16.0 Å². The Morgan fingerprint density at radius 3 is 2.79 bits per heavy atom. The third-order valence-electron chi connectivity index (χ3n) is 6.44. The second-order valence-corrected chi connectivity index (χ2v) is 8.69. The van der Waals surface area contributed by atoms with Crippen LogP contribution in [0, 0.1) is 6.92 Å². The number of aliphatic imine (C=N–C) groups is 1. The summed E-state index contributed by atoms with van der Waals surface area (Å²) in [5.74, 6) is 0.489. The van der Waals surface area contributed by atoms with Crippen molar-refractivity contribution in [3.8, 4) is 5.75 Å². The average Bonchev–Trinajstić information content (AvgIpc) is 3.24. The first-order valence-electron chi connectivity index (χ1n) is 11.5. The summed E-state index contributed by atoms with van der Waals surface area (Å²) in [7, 11) is 1.59.